The van der Waals surface area contributed by atoms with Gasteiger partial charge in [-0.3, -0.25) is 9.78 Å². The Balaban J connectivity index is 2.90. The van der Waals surface area contributed by atoms with Crippen LogP contribution in [0, 0.1) is 5.41 Å². The molecule has 0 aliphatic rings. The third-order valence-corrected chi connectivity index (χ3v) is 2.83. The summed E-state index contributed by atoms with van der Waals surface area (Å²) >= 11 is 0. The lowest BCUT2D eigenvalue weighted by Crippen LogP contribution is -2.51. The number of hydrogen-bond donors (Lipinski definition) is 1. The van der Waals surface area contributed by atoms with Crippen LogP contribution in [0.1, 0.15) is 47.1 Å². The number of ketones is 1. The van der Waals surface area contributed by atoms with Gasteiger partial charge in [0, 0.05) is 23.3 Å². The fourth-order valence-corrected chi connectivity index (χ4v) is 2.01. The van der Waals surface area contributed by atoms with E-state index >= 15 is 0 Å². The molecule has 0 spiro atoms. The quantitative estimate of drug-likeness (QED) is 0.907. The summed E-state index contributed by atoms with van der Waals surface area (Å²) in [5.41, 5.74) is 0.653. The molecule has 0 saturated heterocycles. The zero-order chi connectivity index (χ0) is 14.7. The van der Waals surface area contributed by atoms with Gasteiger partial charge in [0.25, 0.3) is 0 Å². The van der Waals surface area contributed by atoms with Gasteiger partial charge < -0.3 is 5.32 Å². The van der Waals surface area contributed by atoms with Crippen molar-refractivity contribution < 1.29 is 4.79 Å². The minimum atomic E-state index is -0.342. The van der Waals surface area contributed by atoms with Gasteiger partial charge in [-0.15, -0.1) is 0 Å². The van der Waals surface area contributed by atoms with Crippen LogP contribution in [0.4, 0.5) is 0 Å². The van der Waals surface area contributed by atoms with E-state index in [4.69, 9.17) is 0 Å². The Morgan fingerprint density at radius 3 is 2.32 bits per heavy atom. The van der Waals surface area contributed by atoms with Crippen molar-refractivity contribution in [3.05, 3.63) is 30.1 Å². The highest BCUT2D eigenvalue weighted by atomic mass is 16.1. The Kier molecular flexibility index (Phi) is 4.86. The third-order valence-electron chi connectivity index (χ3n) is 2.83. The summed E-state index contributed by atoms with van der Waals surface area (Å²) in [6.07, 6.45) is 4.26. The van der Waals surface area contributed by atoms with Gasteiger partial charge >= 0.3 is 0 Å². The summed E-state index contributed by atoms with van der Waals surface area (Å²) in [7, 11) is 0. The molecule has 3 heteroatoms. The molecule has 0 radical (unpaired) electrons. The van der Waals surface area contributed by atoms with Gasteiger partial charge in [-0.25, -0.2) is 0 Å². The predicted octanol–water partition coefficient (Wildman–Crippen LogP) is 3.00. The van der Waals surface area contributed by atoms with Gasteiger partial charge in [0.05, 0.1) is 6.04 Å². The van der Waals surface area contributed by atoms with E-state index in [9.17, 15) is 4.79 Å². The number of hydrogen-bond acceptors (Lipinski definition) is 3. The number of pyridine rings is 1. The van der Waals surface area contributed by atoms with E-state index in [1.54, 1.807) is 6.20 Å². The van der Waals surface area contributed by atoms with Gasteiger partial charge in [-0.1, -0.05) is 26.8 Å². The number of rotatable bonds is 4. The molecule has 0 aliphatic carbocycles. The molecule has 19 heavy (non-hydrogen) atoms. The largest absolute Gasteiger partial charge is 0.302 e. The van der Waals surface area contributed by atoms with E-state index in [0.29, 0.717) is 6.42 Å². The molecular formula is C16H26N2O. The fraction of sp³-hybridized carbons (Fsp3) is 0.625. The average Bonchev–Trinajstić information content (AvgIpc) is 2.25. The molecule has 0 aromatic carbocycles. The van der Waals surface area contributed by atoms with Crippen LogP contribution in [0.5, 0.6) is 0 Å². The van der Waals surface area contributed by atoms with Crippen molar-refractivity contribution in [1.82, 2.24) is 10.3 Å². The summed E-state index contributed by atoms with van der Waals surface area (Å²) in [4.78, 5) is 16.7. The minimum Gasteiger partial charge on any atom is -0.302 e. The summed E-state index contributed by atoms with van der Waals surface area (Å²) in [6, 6.07) is 3.75. The maximum Gasteiger partial charge on any atom is 0.155 e. The lowest BCUT2D eigenvalue weighted by Gasteiger charge is -2.31. The molecule has 0 bridgehead atoms. The summed E-state index contributed by atoms with van der Waals surface area (Å²) in [5.74, 6) is 0.242. The van der Waals surface area contributed by atoms with Crippen molar-refractivity contribution in [2.75, 3.05) is 0 Å². The summed E-state index contributed by atoms with van der Waals surface area (Å²) in [5, 5.41) is 3.43. The zero-order valence-corrected chi connectivity index (χ0v) is 12.9. The first-order valence-electron chi connectivity index (χ1n) is 6.80. The maximum atomic E-state index is 12.6. The first-order chi connectivity index (χ1) is 8.59. The maximum absolute atomic E-state index is 12.6. The zero-order valence-electron chi connectivity index (χ0n) is 12.9. The Labute approximate surface area is 116 Å². The molecule has 0 saturated carbocycles. The standard InChI is InChI=1S/C16H26N2O/c1-15(2,3)14(19)13(18-16(4,5)6)10-12-8-7-9-17-11-12/h7-9,11,13,18H,10H2,1-6H3/t13-/m0/s1. The smallest absolute Gasteiger partial charge is 0.155 e. The van der Waals surface area contributed by atoms with Gasteiger partial charge in [-0.05, 0) is 38.8 Å². The number of carbonyl (C=O) groups excluding carboxylic acids is 1. The molecule has 106 valence electrons. The van der Waals surface area contributed by atoms with Crippen LogP contribution in [-0.4, -0.2) is 22.3 Å². The number of nitrogens with zero attached hydrogens (tertiary/aromatic N) is 1. The highest BCUT2D eigenvalue weighted by molar-refractivity contribution is 5.89. The van der Waals surface area contributed by atoms with Crippen molar-refractivity contribution in [3.63, 3.8) is 0 Å². The van der Waals surface area contributed by atoms with E-state index in [1.807, 2.05) is 39.1 Å². The number of Topliss-reactive ketones (excluding diaryl/α,β-unsaturated/α-hetero) is 1. The molecule has 1 aromatic heterocycles. The minimum absolute atomic E-state index is 0.0895. The molecule has 3 nitrogen and oxygen atoms in total. The monoisotopic (exact) mass is 262 g/mol. The van der Waals surface area contributed by atoms with Crippen molar-refractivity contribution >= 4 is 5.78 Å². The molecule has 0 unspecified atom stereocenters. The van der Waals surface area contributed by atoms with Crippen LogP contribution >= 0.6 is 0 Å². The number of carbonyl (C=O) groups is 1. The Hall–Kier alpha value is -1.22. The molecule has 1 rings (SSSR count). The Morgan fingerprint density at radius 2 is 1.89 bits per heavy atom. The van der Waals surface area contributed by atoms with Crippen molar-refractivity contribution in [1.29, 1.82) is 0 Å². The van der Waals surface area contributed by atoms with Crippen LogP contribution in [0.15, 0.2) is 24.5 Å². The van der Waals surface area contributed by atoms with E-state index in [-0.39, 0.29) is 22.8 Å². The lowest BCUT2D eigenvalue weighted by atomic mass is 9.83. The average molecular weight is 262 g/mol. The van der Waals surface area contributed by atoms with Crippen LogP contribution in [0.2, 0.25) is 0 Å². The van der Waals surface area contributed by atoms with Crippen LogP contribution < -0.4 is 5.32 Å². The second-order valence-electron chi connectivity index (χ2n) is 7.13. The van der Waals surface area contributed by atoms with Crippen molar-refractivity contribution in [2.45, 2.75) is 59.5 Å². The van der Waals surface area contributed by atoms with Gasteiger partial charge in [0.2, 0.25) is 0 Å². The van der Waals surface area contributed by atoms with E-state index in [1.165, 1.54) is 0 Å². The fourth-order valence-electron chi connectivity index (χ4n) is 2.01. The highest BCUT2D eigenvalue weighted by Crippen LogP contribution is 2.20. The van der Waals surface area contributed by atoms with Crippen LogP contribution in [-0.2, 0) is 11.2 Å². The molecule has 1 N–H and O–H groups in total. The molecule has 1 aromatic rings. The van der Waals surface area contributed by atoms with Crippen molar-refractivity contribution in [2.24, 2.45) is 5.41 Å². The Bertz CT molecular complexity index is 413. The van der Waals surface area contributed by atoms with Crippen LogP contribution in [0.25, 0.3) is 0 Å². The van der Waals surface area contributed by atoms with Gasteiger partial charge in [-0.2, -0.15) is 0 Å². The number of nitrogens with one attached hydrogen (secondary N) is 1. The first kappa shape index (κ1) is 15.8. The SMILES string of the molecule is CC(C)(C)N[C@@H](Cc1cccnc1)C(=O)C(C)(C)C. The molecular weight excluding hydrogens is 236 g/mol. The molecule has 0 aliphatic heterocycles. The molecule has 0 amide bonds. The topological polar surface area (TPSA) is 42.0 Å². The summed E-state index contributed by atoms with van der Waals surface area (Å²) in [6.45, 7) is 12.2. The predicted molar refractivity (Wildman–Crippen MR) is 79.1 cm³/mol. The van der Waals surface area contributed by atoms with E-state index in [2.05, 4.69) is 31.1 Å². The second-order valence-corrected chi connectivity index (χ2v) is 7.13. The molecule has 1 heterocycles. The number of aromatic nitrogens is 1. The van der Waals surface area contributed by atoms with Crippen LogP contribution in [0.3, 0.4) is 0 Å². The summed E-state index contributed by atoms with van der Waals surface area (Å²) < 4.78 is 0. The van der Waals surface area contributed by atoms with Gasteiger partial charge in [0.1, 0.15) is 0 Å². The first-order valence-corrected chi connectivity index (χ1v) is 6.80. The van der Waals surface area contributed by atoms with E-state index in [0.717, 1.165) is 5.56 Å². The van der Waals surface area contributed by atoms with Gasteiger partial charge in [0.15, 0.2) is 5.78 Å². The Morgan fingerprint density at radius 1 is 1.26 bits per heavy atom. The molecule has 1 atom stereocenters. The van der Waals surface area contributed by atoms with Crippen molar-refractivity contribution in [3.8, 4) is 0 Å². The molecule has 0 fully saturated rings. The lowest BCUT2D eigenvalue weighted by molar-refractivity contribution is -0.128. The second kappa shape index (κ2) is 5.83. The third kappa shape index (κ3) is 5.52. The highest BCUT2D eigenvalue weighted by Gasteiger charge is 2.31. The normalized spacial score (nSPS) is 14.2. The van der Waals surface area contributed by atoms with E-state index < -0.39 is 0 Å².